The number of hydrogen-bond donors (Lipinski definition) is 5. The van der Waals surface area contributed by atoms with E-state index in [9.17, 15) is 4.79 Å². The normalized spacial score (nSPS) is 18.9. The van der Waals surface area contributed by atoms with Crippen molar-refractivity contribution in [1.82, 2.24) is 0 Å². The van der Waals surface area contributed by atoms with Crippen LogP contribution < -0.4 is 0 Å². The summed E-state index contributed by atoms with van der Waals surface area (Å²) in [4.78, 5) is 9.96. The third-order valence-corrected chi connectivity index (χ3v) is 1.16. The van der Waals surface area contributed by atoms with Gasteiger partial charge in [-0.05, 0) is 0 Å². The van der Waals surface area contributed by atoms with Crippen molar-refractivity contribution in [3.8, 4) is 0 Å². The zero-order valence-electron chi connectivity index (χ0n) is 5.58. The second kappa shape index (κ2) is 4.24. The zero-order chi connectivity index (χ0) is 9.02. The number of carboxylic acids is 1. The Morgan fingerprint density at radius 1 is 1.27 bits per heavy atom. The number of aliphatic carboxylic acids is 1. The molecule has 0 unspecified atom stereocenters. The van der Waals surface area contributed by atoms with Crippen LogP contribution in [0, 0.1) is 0 Å². The van der Waals surface area contributed by atoms with E-state index in [1.54, 1.807) is 0 Å². The van der Waals surface area contributed by atoms with Crippen molar-refractivity contribution in [1.29, 1.82) is 0 Å². The molecule has 6 heteroatoms. The predicted molar refractivity (Wildman–Crippen MR) is 32.7 cm³/mol. The summed E-state index contributed by atoms with van der Waals surface area (Å²) in [5.74, 6) is -1.65. The second-order valence-electron chi connectivity index (χ2n) is 2.02. The first-order chi connectivity index (χ1) is 5.00. The summed E-state index contributed by atoms with van der Waals surface area (Å²) in [7, 11) is 0. The molecular formula is C5H10O6. The van der Waals surface area contributed by atoms with Crippen molar-refractivity contribution in [2.45, 2.75) is 18.3 Å². The van der Waals surface area contributed by atoms with Crippen LogP contribution in [0.2, 0.25) is 0 Å². The fourth-order valence-corrected chi connectivity index (χ4v) is 0.465. The number of aliphatic hydroxyl groups is 4. The highest BCUT2D eigenvalue weighted by Gasteiger charge is 2.29. The summed E-state index contributed by atoms with van der Waals surface area (Å²) < 4.78 is 0. The Balaban J connectivity index is 4.00. The molecule has 0 aliphatic carbocycles. The van der Waals surface area contributed by atoms with Crippen LogP contribution in [0.15, 0.2) is 0 Å². The lowest BCUT2D eigenvalue weighted by atomic mass is 10.1. The number of carbonyl (C=O) groups is 1. The van der Waals surface area contributed by atoms with E-state index in [0.29, 0.717) is 0 Å². The molecule has 0 saturated carbocycles. The molecule has 0 radical (unpaired) electrons. The van der Waals surface area contributed by atoms with E-state index in [1.807, 2.05) is 0 Å². The molecule has 0 aromatic rings. The maximum absolute atomic E-state index is 9.96. The van der Waals surface area contributed by atoms with Crippen LogP contribution in [0.1, 0.15) is 0 Å². The minimum Gasteiger partial charge on any atom is -0.479 e. The Hall–Kier alpha value is -0.690. The molecule has 0 amide bonds. The predicted octanol–water partition coefficient (Wildman–Crippen LogP) is -2.85. The van der Waals surface area contributed by atoms with Gasteiger partial charge in [0.1, 0.15) is 12.2 Å². The molecule has 5 N–H and O–H groups in total. The van der Waals surface area contributed by atoms with Gasteiger partial charge in [0.2, 0.25) is 0 Å². The Morgan fingerprint density at radius 2 is 1.73 bits per heavy atom. The Bertz CT molecular complexity index is 135. The highest BCUT2D eigenvalue weighted by atomic mass is 16.4. The molecule has 0 aliphatic heterocycles. The molecule has 3 atom stereocenters. The molecule has 0 heterocycles. The molecule has 0 bridgehead atoms. The quantitative estimate of drug-likeness (QED) is 0.306. The monoisotopic (exact) mass is 166 g/mol. The largest absolute Gasteiger partial charge is 0.479 e. The van der Waals surface area contributed by atoms with Gasteiger partial charge in [-0.2, -0.15) is 0 Å². The molecule has 11 heavy (non-hydrogen) atoms. The fourth-order valence-electron chi connectivity index (χ4n) is 0.465. The van der Waals surface area contributed by atoms with E-state index >= 15 is 0 Å². The standard InChI is InChI=1S/C5H10O6/c6-1-2(7)3(8)4(9)5(10)11/h2-4,6-9H,1H2,(H,10,11)/t2-,3+,4-/m1/s1. The van der Waals surface area contributed by atoms with Gasteiger partial charge in [-0.1, -0.05) is 0 Å². The lowest BCUT2D eigenvalue weighted by Gasteiger charge is -2.17. The van der Waals surface area contributed by atoms with E-state index in [4.69, 9.17) is 25.5 Å². The molecule has 0 aromatic heterocycles. The molecule has 0 fully saturated rings. The molecule has 0 aliphatic rings. The van der Waals surface area contributed by atoms with Gasteiger partial charge in [-0.3, -0.25) is 0 Å². The van der Waals surface area contributed by atoms with Crippen molar-refractivity contribution in [2.75, 3.05) is 6.61 Å². The van der Waals surface area contributed by atoms with Gasteiger partial charge < -0.3 is 25.5 Å². The Kier molecular flexibility index (Phi) is 3.98. The van der Waals surface area contributed by atoms with Crippen LogP contribution in [0.4, 0.5) is 0 Å². The van der Waals surface area contributed by atoms with Crippen LogP contribution in [0.25, 0.3) is 0 Å². The summed E-state index contributed by atoms with van der Waals surface area (Å²) >= 11 is 0. The van der Waals surface area contributed by atoms with Crippen LogP contribution >= 0.6 is 0 Å². The smallest absolute Gasteiger partial charge is 0.335 e. The van der Waals surface area contributed by atoms with E-state index < -0.39 is 30.9 Å². The highest BCUT2D eigenvalue weighted by molar-refractivity contribution is 5.72. The van der Waals surface area contributed by atoms with Crippen molar-refractivity contribution in [2.24, 2.45) is 0 Å². The summed E-state index contributed by atoms with van der Waals surface area (Å²) in [5, 5.41) is 42.2. The molecular weight excluding hydrogens is 156 g/mol. The van der Waals surface area contributed by atoms with Gasteiger partial charge in [-0.15, -0.1) is 0 Å². The molecule has 0 rings (SSSR count). The number of carboxylic acid groups (broad SMARTS) is 1. The van der Waals surface area contributed by atoms with Crippen LogP contribution in [0.3, 0.4) is 0 Å². The number of rotatable bonds is 4. The topological polar surface area (TPSA) is 118 Å². The Morgan fingerprint density at radius 3 is 2.00 bits per heavy atom. The first-order valence-corrected chi connectivity index (χ1v) is 2.88. The average Bonchev–Trinajstić information content (AvgIpc) is 2.00. The summed E-state index contributed by atoms with van der Waals surface area (Å²) in [6.07, 6.45) is -5.57. The third-order valence-electron chi connectivity index (χ3n) is 1.16. The van der Waals surface area contributed by atoms with Gasteiger partial charge in [0.25, 0.3) is 0 Å². The van der Waals surface area contributed by atoms with Gasteiger partial charge in [0.05, 0.1) is 6.61 Å². The molecule has 0 spiro atoms. The first kappa shape index (κ1) is 10.3. The summed E-state index contributed by atoms with van der Waals surface area (Å²) in [6, 6.07) is 0. The molecule has 66 valence electrons. The summed E-state index contributed by atoms with van der Waals surface area (Å²) in [5.41, 5.74) is 0. The van der Waals surface area contributed by atoms with Crippen LogP contribution in [-0.2, 0) is 4.79 Å². The minimum atomic E-state index is -2.07. The Labute approximate surface area is 62.3 Å². The van der Waals surface area contributed by atoms with E-state index in [1.165, 1.54) is 0 Å². The maximum atomic E-state index is 9.96. The highest BCUT2D eigenvalue weighted by Crippen LogP contribution is 1.99. The molecule has 6 nitrogen and oxygen atoms in total. The first-order valence-electron chi connectivity index (χ1n) is 2.88. The lowest BCUT2D eigenvalue weighted by molar-refractivity contribution is -0.159. The van der Waals surface area contributed by atoms with Crippen LogP contribution in [0.5, 0.6) is 0 Å². The van der Waals surface area contributed by atoms with E-state index in [2.05, 4.69) is 0 Å². The number of hydrogen-bond acceptors (Lipinski definition) is 5. The third kappa shape index (κ3) is 2.81. The van der Waals surface area contributed by atoms with Gasteiger partial charge in [0.15, 0.2) is 6.10 Å². The van der Waals surface area contributed by atoms with Gasteiger partial charge in [-0.25, -0.2) is 4.79 Å². The van der Waals surface area contributed by atoms with E-state index in [-0.39, 0.29) is 0 Å². The molecule has 0 aromatic carbocycles. The van der Waals surface area contributed by atoms with E-state index in [0.717, 1.165) is 0 Å². The average molecular weight is 166 g/mol. The maximum Gasteiger partial charge on any atom is 0.335 e. The van der Waals surface area contributed by atoms with Gasteiger partial charge in [0, 0.05) is 0 Å². The van der Waals surface area contributed by atoms with Crippen molar-refractivity contribution >= 4 is 5.97 Å². The van der Waals surface area contributed by atoms with Gasteiger partial charge >= 0.3 is 5.97 Å². The second-order valence-corrected chi connectivity index (χ2v) is 2.02. The van der Waals surface area contributed by atoms with Crippen molar-refractivity contribution in [3.05, 3.63) is 0 Å². The van der Waals surface area contributed by atoms with Crippen molar-refractivity contribution < 1.29 is 30.3 Å². The number of aliphatic hydroxyl groups excluding tert-OH is 4. The summed E-state index contributed by atoms with van der Waals surface area (Å²) in [6.45, 7) is -0.800. The minimum absolute atomic E-state index is 0.800. The lowest BCUT2D eigenvalue weighted by Crippen LogP contribution is -2.43. The van der Waals surface area contributed by atoms with Crippen LogP contribution in [-0.4, -0.2) is 56.4 Å². The molecule has 0 saturated heterocycles. The fraction of sp³-hybridized carbons (Fsp3) is 0.800. The SMILES string of the molecule is O=C(O)[C@H](O)[C@@H](O)[C@H](O)CO. The van der Waals surface area contributed by atoms with Crippen molar-refractivity contribution in [3.63, 3.8) is 0 Å². The zero-order valence-corrected chi connectivity index (χ0v) is 5.58.